The zero-order valence-corrected chi connectivity index (χ0v) is 13.5. The van der Waals surface area contributed by atoms with Gasteiger partial charge < -0.3 is 10.6 Å². The molecular weight excluding hydrogens is 298 g/mol. The first-order valence-corrected chi connectivity index (χ1v) is 7.53. The molecule has 2 rings (SSSR count). The highest BCUT2D eigenvalue weighted by Crippen LogP contribution is 2.17. The maximum Gasteiger partial charge on any atom is 0.279 e. The zero-order valence-electron chi connectivity index (χ0n) is 13.5. The SMILES string of the molecule is Cc1cccc(NC(=O)C[NH2+][C@@H](C)c2ccc(F)c(F)c2)c1C. The van der Waals surface area contributed by atoms with Gasteiger partial charge in [0.05, 0.1) is 0 Å². The lowest BCUT2D eigenvalue weighted by Gasteiger charge is -2.13. The number of nitrogens with one attached hydrogen (secondary N) is 1. The van der Waals surface area contributed by atoms with Crippen LogP contribution in [0.1, 0.15) is 29.7 Å². The predicted octanol–water partition coefficient (Wildman–Crippen LogP) is 2.84. The van der Waals surface area contributed by atoms with E-state index in [1.165, 1.54) is 12.1 Å². The van der Waals surface area contributed by atoms with Gasteiger partial charge in [-0.2, -0.15) is 0 Å². The number of anilines is 1. The van der Waals surface area contributed by atoms with E-state index in [9.17, 15) is 13.6 Å². The van der Waals surface area contributed by atoms with Crippen molar-refractivity contribution >= 4 is 11.6 Å². The van der Waals surface area contributed by atoms with E-state index in [4.69, 9.17) is 0 Å². The van der Waals surface area contributed by atoms with Crippen LogP contribution in [0.15, 0.2) is 36.4 Å². The summed E-state index contributed by atoms with van der Waals surface area (Å²) in [6.07, 6.45) is 0. The molecule has 2 aromatic carbocycles. The molecule has 0 saturated carbocycles. The second kappa shape index (κ2) is 7.33. The van der Waals surface area contributed by atoms with Crippen molar-refractivity contribution in [2.24, 2.45) is 0 Å². The number of quaternary nitrogens is 1. The number of aryl methyl sites for hydroxylation is 1. The van der Waals surface area contributed by atoms with Gasteiger partial charge in [-0.3, -0.25) is 4.79 Å². The highest BCUT2D eigenvalue weighted by atomic mass is 19.2. The number of nitrogens with two attached hydrogens (primary N) is 1. The first kappa shape index (κ1) is 17.1. The van der Waals surface area contributed by atoms with Crippen LogP contribution in [-0.4, -0.2) is 12.5 Å². The molecule has 0 spiro atoms. The van der Waals surface area contributed by atoms with Crippen molar-refractivity contribution in [3.63, 3.8) is 0 Å². The number of carbonyl (C=O) groups excluding carboxylic acids is 1. The minimum absolute atomic E-state index is 0.131. The Morgan fingerprint density at radius 1 is 1.17 bits per heavy atom. The van der Waals surface area contributed by atoms with Gasteiger partial charge in [-0.1, -0.05) is 12.1 Å². The number of carbonyl (C=O) groups is 1. The molecule has 3 nitrogen and oxygen atoms in total. The van der Waals surface area contributed by atoms with Gasteiger partial charge >= 0.3 is 0 Å². The molecule has 0 bridgehead atoms. The monoisotopic (exact) mass is 319 g/mol. The number of benzene rings is 2. The third kappa shape index (κ3) is 4.36. The summed E-state index contributed by atoms with van der Waals surface area (Å²) in [5, 5.41) is 4.66. The van der Waals surface area contributed by atoms with Crippen LogP contribution in [0, 0.1) is 25.5 Å². The summed E-state index contributed by atoms with van der Waals surface area (Å²) in [6.45, 7) is 5.99. The first-order chi connectivity index (χ1) is 10.9. The first-order valence-electron chi connectivity index (χ1n) is 7.53. The second-order valence-electron chi connectivity index (χ2n) is 5.70. The number of rotatable bonds is 5. The Morgan fingerprint density at radius 2 is 1.91 bits per heavy atom. The summed E-state index contributed by atoms with van der Waals surface area (Å²) in [5.74, 6) is -1.87. The highest BCUT2D eigenvalue weighted by Gasteiger charge is 2.14. The fraction of sp³-hybridized carbons (Fsp3) is 0.278. The highest BCUT2D eigenvalue weighted by molar-refractivity contribution is 5.92. The molecule has 0 radical (unpaired) electrons. The smallest absolute Gasteiger partial charge is 0.279 e. The molecule has 0 fully saturated rings. The van der Waals surface area contributed by atoms with Crippen LogP contribution in [-0.2, 0) is 4.79 Å². The molecule has 5 heteroatoms. The summed E-state index contributed by atoms with van der Waals surface area (Å²) >= 11 is 0. The summed E-state index contributed by atoms with van der Waals surface area (Å²) in [5.41, 5.74) is 3.59. The lowest BCUT2D eigenvalue weighted by Crippen LogP contribution is -2.86. The quantitative estimate of drug-likeness (QED) is 0.874. The van der Waals surface area contributed by atoms with E-state index in [0.717, 1.165) is 22.9 Å². The number of halogens is 2. The van der Waals surface area contributed by atoms with E-state index >= 15 is 0 Å². The average molecular weight is 319 g/mol. The van der Waals surface area contributed by atoms with Gasteiger partial charge in [0, 0.05) is 11.3 Å². The van der Waals surface area contributed by atoms with Gasteiger partial charge in [0.2, 0.25) is 0 Å². The molecule has 3 N–H and O–H groups in total. The van der Waals surface area contributed by atoms with E-state index in [2.05, 4.69) is 5.32 Å². The molecule has 1 amide bonds. The van der Waals surface area contributed by atoms with Gasteiger partial charge in [-0.05, 0) is 56.2 Å². The lowest BCUT2D eigenvalue weighted by molar-refractivity contribution is -0.682. The third-order valence-corrected chi connectivity index (χ3v) is 4.00. The number of amides is 1. The van der Waals surface area contributed by atoms with E-state index in [1.54, 1.807) is 5.32 Å². The molecule has 23 heavy (non-hydrogen) atoms. The van der Waals surface area contributed by atoms with Gasteiger partial charge in [0.25, 0.3) is 5.91 Å². The van der Waals surface area contributed by atoms with Crippen molar-refractivity contribution in [2.75, 3.05) is 11.9 Å². The van der Waals surface area contributed by atoms with Crippen molar-refractivity contribution in [3.8, 4) is 0 Å². The van der Waals surface area contributed by atoms with Crippen LogP contribution in [0.2, 0.25) is 0 Å². The lowest BCUT2D eigenvalue weighted by atomic mass is 10.1. The van der Waals surface area contributed by atoms with Crippen molar-refractivity contribution in [3.05, 3.63) is 64.7 Å². The molecule has 122 valence electrons. The minimum atomic E-state index is -0.873. The molecule has 1 atom stereocenters. The van der Waals surface area contributed by atoms with Crippen molar-refractivity contribution in [1.82, 2.24) is 0 Å². The minimum Gasteiger partial charge on any atom is -0.333 e. The van der Waals surface area contributed by atoms with Crippen molar-refractivity contribution in [2.45, 2.75) is 26.8 Å². The molecule has 0 unspecified atom stereocenters. The zero-order chi connectivity index (χ0) is 17.0. The average Bonchev–Trinajstić information content (AvgIpc) is 2.52. The third-order valence-electron chi connectivity index (χ3n) is 4.00. The molecule has 2 aromatic rings. The summed E-state index contributed by atoms with van der Waals surface area (Å²) in [6, 6.07) is 9.40. The molecule has 0 aliphatic rings. The molecule has 0 aliphatic heterocycles. The van der Waals surface area contributed by atoms with Crippen LogP contribution >= 0.6 is 0 Å². The van der Waals surface area contributed by atoms with E-state index in [0.29, 0.717) is 5.56 Å². The molecule has 0 aliphatic carbocycles. The number of hydrogen-bond donors (Lipinski definition) is 2. The fourth-order valence-electron chi connectivity index (χ4n) is 2.30. The Balaban J connectivity index is 1.93. The maximum absolute atomic E-state index is 13.2. The van der Waals surface area contributed by atoms with Gasteiger partial charge in [0.15, 0.2) is 18.2 Å². The molecule has 0 aromatic heterocycles. The van der Waals surface area contributed by atoms with E-state index in [1.807, 2.05) is 39.0 Å². The molecule has 0 saturated heterocycles. The Morgan fingerprint density at radius 3 is 2.61 bits per heavy atom. The Labute approximate surface area is 134 Å². The van der Waals surface area contributed by atoms with Crippen LogP contribution in [0.4, 0.5) is 14.5 Å². The van der Waals surface area contributed by atoms with E-state index < -0.39 is 11.6 Å². The number of hydrogen-bond acceptors (Lipinski definition) is 1. The van der Waals surface area contributed by atoms with Crippen LogP contribution in [0.25, 0.3) is 0 Å². The van der Waals surface area contributed by atoms with Crippen LogP contribution in [0.5, 0.6) is 0 Å². The van der Waals surface area contributed by atoms with Crippen LogP contribution < -0.4 is 10.6 Å². The van der Waals surface area contributed by atoms with E-state index in [-0.39, 0.29) is 18.5 Å². The molecular formula is C18H21F2N2O+. The standard InChI is InChI=1S/C18H20F2N2O/c1-11-5-4-6-17(12(11)2)22-18(23)10-21-13(3)14-7-8-15(19)16(20)9-14/h4-9,13,21H,10H2,1-3H3,(H,22,23)/p+1/t13-/m0/s1. The predicted molar refractivity (Wildman–Crippen MR) is 86.1 cm³/mol. The van der Waals surface area contributed by atoms with Crippen LogP contribution in [0.3, 0.4) is 0 Å². The summed E-state index contributed by atoms with van der Waals surface area (Å²) < 4.78 is 26.2. The van der Waals surface area contributed by atoms with Crippen molar-refractivity contribution < 1.29 is 18.9 Å². The van der Waals surface area contributed by atoms with Crippen molar-refractivity contribution in [1.29, 1.82) is 0 Å². The Bertz CT molecular complexity index is 716. The fourth-order valence-corrected chi connectivity index (χ4v) is 2.30. The normalized spacial score (nSPS) is 12.0. The summed E-state index contributed by atoms with van der Waals surface area (Å²) in [7, 11) is 0. The Kier molecular flexibility index (Phi) is 5.45. The maximum atomic E-state index is 13.2. The second-order valence-corrected chi connectivity index (χ2v) is 5.70. The van der Waals surface area contributed by atoms with Gasteiger partial charge in [0.1, 0.15) is 6.04 Å². The van der Waals surface area contributed by atoms with Gasteiger partial charge in [-0.15, -0.1) is 0 Å². The Hall–Kier alpha value is -2.27. The summed E-state index contributed by atoms with van der Waals surface area (Å²) in [4.78, 5) is 12.1. The van der Waals surface area contributed by atoms with Gasteiger partial charge in [-0.25, -0.2) is 8.78 Å². The topological polar surface area (TPSA) is 45.7 Å². The molecule has 0 heterocycles. The largest absolute Gasteiger partial charge is 0.333 e.